The predicted molar refractivity (Wildman–Crippen MR) is 276 cm³/mol. The van der Waals surface area contributed by atoms with Gasteiger partial charge in [0, 0.05) is 18.2 Å². The van der Waals surface area contributed by atoms with Crippen molar-refractivity contribution in [1.29, 1.82) is 0 Å². The third-order valence-corrected chi connectivity index (χ3v) is 12.1. The van der Waals surface area contributed by atoms with Crippen LogP contribution in [0.15, 0.2) is 235 Å². The van der Waals surface area contributed by atoms with Crippen LogP contribution in [0.2, 0.25) is 0 Å². The summed E-state index contributed by atoms with van der Waals surface area (Å²) < 4.78 is 26.5. The molecule has 1 fully saturated rings. The van der Waals surface area contributed by atoms with E-state index in [-0.39, 0.29) is 13.0 Å². The molecule has 358 valence electrons. The quantitative estimate of drug-likeness (QED) is 0.0391. The van der Waals surface area contributed by atoms with Crippen LogP contribution in [0, 0.1) is 6.92 Å². The molecule has 0 saturated carbocycles. The van der Waals surface area contributed by atoms with Crippen molar-refractivity contribution >= 4 is 0 Å². The van der Waals surface area contributed by atoms with E-state index in [1.165, 1.54) is 10.8 Å². The summed E-state index contributed by atoms with van der Waals surface area (Å²) in [6.45, 7) is 10.0. The number of aromatic nitrogens is 2. The molecule has 0 aliphatic carbocycles. The molecule has 0 unspecified atom stereocenters. The number of hydrogen-bond donors (Lipinski definition) is 3. The number of aliphatic hydroxyl groups is 2. The highest BCUT2D eigenvalue weighted by Gasteiger charge is 2.42. The number of nitrogens with zero attached hydrogens (tertiary/aromatic N) is 1. The lowest BCUT2D eigenvalue weighted by Gasteiger charge is -2.37. The molecule has 70 heavy (non-hydrogen) atoms. The summed E-state index contributed by atoms with van der Waals surface area (Å²) in [5.74, 6) is 1.44. The lowest BCUT2D eigenvalue weighted by Crippen LogP contribution is -2.38. The van der Waals surface area contributed by atoms with E-state index in [1.54, 1.807) is 19.1 Å². The second-order valence-electron chi connectivity index (χ2n) is 16.7. The zero-order valence-electron chi connectivity index (χ0n) is 39.4. The SMILES string of the molecule is C=CC=CCCOc1ccc(C(OC[C@H]2O[C@@H](n3cc(C)c(=O)[nH]c3=O)C[C@@H]2O)(c2ccccc2)c2ccc(OCCC=CC=C)cc2)cc1.OC(c1ccccc1)(c1ccccc1)c1ccccc1. The van der Waals surface area contributed by atoms with Gasteiger partial charge in [-0.05, 0) is 77.4 Å². The van der Waals surface area contributed by atoms with E-state index in [0.717, 1.165) is 57.7 Å². The Morgan fingerprint density at radius 3 is 1.49 bits per heavy atom. The number of benzene rings is 6. The maximum absolute atomic E-state index is 12.6. The first-order chi connectivity index (χ1) is 34.2. The Morgan fingerprint density at radius 1 is 0.643 bits per heavy atom. The molecular weight excluding hydrogens is 877 g/mol. The molecule has 8 rings (SSSR count). The molecule has 6 aromatic carbocycles. The molecule has 1 aliphatic rings. The van der Waals surface area contributed by atoms with E-state index in [4.69, 9.17) is 18.9 Å². The third kappa shape index (κ3) is 12.2. The van der Waals surface area contributed by atoms with Gasteiger partial charge in [0.1, 0.15) is 35.0 Å². The van der Waals surface area contributed by atoms with Crippen LogP contribution in [0.4, 0.5) is 0 Å². The number of H-pyrrole nitrogens is 1. The summed E-state index contributed by atoms with van der Waals surface area (Å²) in [4.78, 5) is 26.9. The molecule has 1 aromatic heterocycles. The van der Waals surface area contributed by atoms with Crippen LogP contribution in [-0.4, -0.2) is 51.8 Å². The summed E-state index contributed by atoms with van der Waals surface area (Å²) in [5.41, 5.74) is 2.20. The fraction of sp³-hybridized carbons (Fsp3) is 0.200. The average molecular weight is 937 g/mol. The fourth-order valence-electron chi connectivity index (χ4n) is 8.45. The number of aliphatic hydroxyl groups excluding tert-OH is 1. The number of allylic oxidation sites excluding steroid dienone is 4. The van der Waals surface area contributed by atoms with Crippen molar-refractivity contribution in [1.82, 2.24) is 9.55 Å². The second kappa shape index (κ2) is 24.6. The van der Waals surface area contributed by atoms with Gasteiger partial charge in [0.05, 0.1) is 25.9 Å². The van der Waals surface area contributed by atoms with Crippen LogP contribution >= 0.6 is 0 Å². The Bertz CT molecular complexity index is 2730. The lowest BCUT2D eigenvalue weighted by atomic mass is 9.80. The molecule has 0 amide bonds. The monoisotopic (exact) mass is 936 g/mol. The van der Waals surface area contributed by atoms with Gasteiger partial charge in [-0.25, -0.2) is 4.79 Å². The molecule has 1 saturated heterocycles. The predicted octanol–water partition coefficient (Wildman–Crippen LogP) is 10.5. The fourth-order valence-corrected chi connectivity index (χ4v) is 8.45. The van der Waals surface area contributed by atoms with Gasteiger partial charge in [-0.1, -0.05) is 195 Å². The molecule has 10 nitrogen and oxygen atoms in total. The minimum absolute atomic E-state index is 0.00851. The van der Waals surface area contributed by atoms with Crippen LogP contribution in [0.1, 0.15) is 64.4 Å². The molecule has 0 bridgehead atoms. The van der Waals surface area contributed by atoms with Gasteiger partial charge in [0.2, 0.25) is 0 Å². The number of nitrogens with one attached hydrogen (secondary N) is 1. The summed E-state index contributed by atoms with van der Waals surface area (Å²) in [6.07, 6.45) is 11.9. The van der Waals surface area contributed by atoms with Gasteiger partial charge in [0.15, 0.2) is 0 Å². The zero-order valence-corrected chi connectivity index (χ0v) is 39.4. The Morgan fingerprint density at radius 2 is 1.06 bits per heavy atom. The van der Waals surface area contributed by atoms with Gasteiger partial charge in [-0.3, -0.25) is 14.3 Å². The smallest absolute Gasteiger partial charge is 0.330 e. The minimum Gasteiger partial charge on any atom is -0.493 e. The van der Waals surface area contributed by atoms with E-state index in [2.05, 4.69) is 18.1 Å². The summed E-state index contributed by atoms with van der Waals surface area (Å²) in [7, 11) is 0. The average Bonchev–Trinajstić information content (AvgIpc) is 3.78. The van der Waals surface area contributed by atoms with E-state index in [1.807, 2.05) is 194 Å². The summed E-state index contributed by atoms with van der Waals surface area (Å²) >= 11 is 0. The first-order valence-corrected chi connectivity index (χ1v) is 23.4. The standard InChI is InChI=1S/C41H44N2O7.C19H16O/c1-4-6-8-13-25-47-34-21-17-32(18-22-34)41(31-15-11-10-12-16-31,33-19-23-35(24-20-33)48-26-14-9-7-5-2)49-29-37-36(44)27-38(50-37)43-28-30(3)39(45)42-40(43)46;20-19(16-10-4-1-5-11-16,17-12-6-2-7-13-17)18-14-8-3-9-15-18/h4-12,15-24,28,36-38,44H,1-2,13-14,25-27,29H2,3H3,(H,42,45,46);1-15,20H/t36-,37+,38+,41?;/m0./s1. The third-order valence-electron chi connectivity index (χ3n) is 12.1. The van der Waals surface area contributed by atoms with Crippen LogP contribution in [0.5, 0.6) is 11.5 Å². The maximum Gasteiger partial charge on any atom is 0.330 e. The topological polar surface area (TPSA) is 132 Å². The van der Waals surface area contributed by atoms with E-state index in [0.29, 0.717) is 18.8 Å². The Balaban J connectivity index is 0.000000298. The minimum atomic E-state index is -1.13. The number of aromatic amines is 1. The van der Waals surface area contributed by atoms with Crippen molar-refractivity contribution in [3.05, 3.63) is 285 Å². The Hall–Kier alpha value is -7.60. The van der Waals surface area contributed by atoms with Crippen molar-refractivity contribution in [3.63, 3.8) is 0 Å². The summed E-state index contributed by atoms with van der Waals surface area (Å²) in [6, 6.07) is 54.8. The van der Waals surface area contributed by atoms with Gasteiger partial charge < -0.3 is 29.2 Å². The van der Waals surface area contributed by atoms with Crippen molar-refractivity contribution < 1.29 is 29.2 Å². The summed E-state index contributed by atoms with van der Waals surface area (Å²) in [5, 5.41) is 22.6. The molecule has 1 aliphatic heterocycles. The van der Waals surface area contributed by atoms with Gasteiger partial charge in [0.25, 0.3) is 5.56 Å². The highest BCUT2D eigenvalue weighted by molar-refractivity contribution is 5.50. The Kier molecular flexibility index (Phi) is 17.7. The Labute approximate surface area is 409 Å². The molecule has 3 N–H and O–H groups in total. The van der Waals surface area contributed by atoms with Crippen LogP contribution in [-0.2, 0) is 20.7 Å². The molecule has 0 spiro atoms. The van der Waals surface area contributed by atoms with Crippen LogP contribution < -0.4 is 20.7 Å². The second-order valence-corrected chi connectivity index (χ2v) is 16.7. The van der Waals surface area contributed by atoms with Crippen molar-refractivity contribution in [3.8, 4) is 11.5 Å². The van der Waals surface area contributed by atoms with E-state index >= 15 is 0 Å². The highest BCUT2D eigenvalue weighted by Crippen LogP contribution is 2.43. The van der Waals surface area contributed by atoms with Gasteiger partial charge >= 0.3 is 5.69 Å². The normalized spacial score (nSPS) is 16.5. The molecule has 3 atom stereocenters. The number of aryl methyl sites for hydroxylation is 1. The number of ether oxygens (including phenoxy) is 4. The van der Waals surface area contributed by atoms with E-state index < -0.39 is 40.9 Å². The molecular formula is C60H60N2O8. The maximum atomic E-state index is 12.6. The van der Waals surface area contributed by atoms with Crippen LogP contribution in [0.25, 0.3) is 0 Å². The molecule has 10 heteroatoms. The molecule has 0 radical (unpaired) electrons. The first kappa shape index (κ1) is 50.3. The lowest BCUT2D eigenvalue weighted by molar-refractivity contribution is -0.0944. The first-order valence-electron chi connectivity index (χ1n) is 23.4. The molecule has 7 aromatic rings. The largest absolute Gasteiger partial charge is 0.493 e. The number of rotatable bonds is 20. The van der Waals surface area contributed by atoms with Crippen molar-refractivity contribution in [2.75, 3.05) is 19.8 Å². The van der Waals surface area contributed by atoms with E-state index in [9.17, 15) is 19.8 Å². The molecule has 2 heterocycles. The van der Waals surface area contributed by atoms with Gasteiger partial charge in [-0.2, -0.15) is 0 Å². The van der Waals surface area contributed by atoms with Crippen molar-refractivity contribution in [2.45, 2.75) is 55.8 Å². The van der Waals surface area contributed by atoms with Crippen LogP contribution in [0.3, 0.4) is 0 Å². The van der Waals surface area contributed by atoms with Crippen molar-refractivity contribution in [2.24, 2.45) is 0 Å². The number of hydrogen-bond acceptors (Lipinski definition) is 8. The zero-order chi connectivity index (χ0) is 49.2. The van der Waals surface area contributed by atoms with Gasteiger partial charge in [-0.15, -0.1) is 0 Å². The highest BCUT2D eigenvalue weighted by atomic mass is 16.6.